The molecule has 1 aromatic rings. The van der Waals surface area contributed by atoms with Gasteiger partial charge < -0.3 is 14.8 Å². The third-order valence-electron chi connectivity index (χ3n) is 3.43. The largest absolute Gasteiger partial charge is 0.493 e. The zero-order valence-electron chi connectivity index (χ0n) is 12.3. The van der Waals surface area contributed by atoms with Gasteiger partial charge in [0.05, 0.1) is 19.6 Å². The van der Waals surface area contributed by atoms with Crippen LogP contribution in [0.2, 0.25) is 0 Å². The lowest BCUT2D eigenvalue weighted by Gasteiger charge is -2.19. The first-order chi connectivity index (χ1) is 9.74. The predicted molar refractivity (Wildman–Crippen MR) is 77.9 cm³/mol. The SMILES string of the molecule is CCCNC(CC(=O)OCC)c1ccc2c(c1)CCO2. The fraction of sp³-hybridized carbons (Fsp3) is 0.562. The number of carbonyl (C=O) groups is 1. The van der Waals surface area contributed by atoms with Gasteiger partial charge in [0.2, 0.25) is 0 Å². The maximum Gasteiger partial charge on any atom is 0.307 e. The van der Waals surface area contributed by atoms with Gasteiger partial charge in [-0.2, -0.15) is 0 Å². The van der Waals surface area contributed by atoms with Gasteiger partial charge in [0, 0.05) is 12.5 Å². The Labute approximate surface area is 120 Å². The van der Waals surface area contributed by atoms with Crippen LogP contribution >= 0.6 is 0 Å². The summed E-state index contributed by atoms with van der Waals surface area (Å²) in [5.74, 6) is 0.817. The van der Waals surface area contributed by atoms with Crippen molar-refractivity contribution >= 4 is 5.97 Å². The van der Waals surface area contributed by atoms with E-state index in [1.54, 1.807) is 0 Å². The maximum atomic E-state index is 11.7. The van der Waals surface area contributed by atoms with E-state index >= 15 is 0 Å². The van der Waals surface area contributed by atoms with Gasteiger partial charge in [0.1, 0.15) is 5.75 Å². The van der Waals surface area contributed by atoms with Crippen molar-refractivity contribution in [1.82, 2.24) is 5.32 Å². The van der Waals surface area contributed by atoms with Crippen LogP contribution in [0.1, 0.15) is 43.9 Å². The monoisotopic (exact) mass is 277 g/mol. The number of nitrogens with one attached hydrogen (secondary N) is 1. The number of esters is 1. The molecule has 20 heavy (non-hydrogen) atoms. The third kappa shape index (κ3) is 3.73. The lowest BCUT2D eigenvalue weighted by Crippen LogP contribution is -2.25. The zero-order chi connectivity index (χ0) is 14.4. The van der Waals surface area contributed by atoms with Crippen molar-refractivity contribution in [3.63, 3.8) is 0 Å². The van der Waals surface area contributed by atoms with E-state index in [1.807, 2.05) is 19.1 Å². The number of fused-ring (bicyclic) bond motifs is 1. The first-order valence-corrected chi connectivity index (χ1v) is 7.39. The van der Waals surface area contributed by atoms with Crippen LogP contribution in [0, 0.1) is 0 Å². The summed E-state index contributed by atoms with van der Waals surface area (Å²) in [6.07, 6.45) is 2.35. The highest BCUT2D eigenvalue weighted by atomic mass is 16.5. The highest BCUT2D eigenvalue weighted by Crippen LogP contribution is 2.29. The minimum Gasteiger partial charge on any atom is -0.493 e. The van der Waals surface area contributed by atoms with Gasteiger partial charge in [0.15, 0.2) is 0 Å². The van der Waals surface area contributed by atoms with Crippen molar-refractivity contribution in [2.75, 3.05) is 19.8 Å². The molecule has 1 aliphatic rings. The van der Waals surface area contributed by atoms with Crippen molar-refractivity contribution < 1.29 is 14.3 Å². The molecule has 0 aromatic heterocycles. The molecule has 1 aliphatic heterocycles. The van der Waals surface area contributed by atoms with Crippen molar-refractivity contribution in [3.8, 4) is 5.75 Å². The van der Waals surface area contributed by atoms with E-state index in [9.17, 15) is 4.79 Å². The molecule has 1 unspecified atom stereocenters. The van der Waals surface area contributed by atoms with Gasteiger partial charge in [-0.25, -0.2) is 0 Å². The molecule has 0 fully saturated rings. The van der Waals surface area contributed by atoms with Crippen molar-refractivity contribution in [2.24, 2.45) is 0 Å². The molecular weight excluding hydrogens is 254 g/mol. The normalized spacial score (nSPS) is 14.5. The highest BCUT2D eigenvalue weighted by Gasteiger charge is 2.19. The summed E-state index contributed by atoms with van der Waals surface area (Å²) in [4.78, 5) is 11.7. The molecule has 1 aromatic carbocycles. The molecule has 0 saturated heterocycles. The zero-order valence-corrected chi connectivity index (χ0v) is 12.3. The van der Waals surface area contributed by atoms with Gasteiger partial charge in [0.25, 0.3) is 0 Å². The van der Waals surface area contributed by atoms with E-state index < -0.39 is 0 Å². The van der Waals surface area contributed by atoms with Crippen LogP contribution in [0.15, 0.2) is 18.2 Å². The van der Waals surface area contributed by atoms with E-state index in [2.05, 4.69) is 18.3 Å². The molecule has 1 N–H and O–H groups in total. The fourth-order valence-corrected chi connectivity index (χ4v) is 2.44. The van der Waals surface area contributed by atoms with Gasteiger partial charge in [-0.05, 0) is 37.1 Å². The van der Waals surface area contributed by atoms with Crippen LogP contribution in [0.3, 0.4) is 0 Å². The van der Waals surface area contributed by atoms with Gasteiger partial charge >= 0.3 is 5.97 Å². The third-order valence-corrected chi connectivity index (χ3v) is 3.43. The predicted octanol–water partition coefficient (Wildman–Crippen LogP) is 2.62. The number of carbonyl (C=O) groups excluding carboxylic acids is 1. The van der Waals surface area contributed by atoms with Crippen LogP contribution in [-0.2, 0) is 16.0 Å². The molecule has 0 amide bonds. The summed E-state index contributed by atoms with van der Waals surface area (Å²) in [6, 6.07) is 6.20. The van der Waals surface area contributed by atoms with Crippen LogP contribution in [0.5, 0.6) is 5.75 Å². The quantitative estimate of drug-likeness (QED) is 0.778. The summed E-state index contributed by atoms with van der Waals surface area (Å²) in [7, 11) is 0. The Morgan fingerprint density at radius 3 is 3.05 bits per heavy atom. The van der Waals surface area contributed by atoms with Crippen LogP contribution in [0.4, 0.5) is 0 Å². The van der Waals surface area contributed by atoms with E-state index in [0.717, 1.165) is 37.3 Å². The topological polar surface area (TPSA) is 47.6 Å². The Morgan fingerprint density at radius 1 is 1.45 bits per heavy atom. The minimum absolute atomic E-state index is 0.0138. The molecular formula is C16H23NO3. The Balaban J connectivity index is 2.10. The molecule has 110 valence electrons. The molecule has 0 bridgehead atoms. The second kappa shape index (κ2) is 7.29. The number of benzene rings is 1. The van der Waals surface area contributed by atoms with Crippen LogP contribution in [-0.4, -0.2) is 25.7 Å². The molecule has 1 atom stereocenters. The van der Waals surface area contributed by atoms with E-state index in [4.69, 9.17) is 9.47 Å². The summed E-state index contributed by atoms with van der Waals surface area (Å²) in [5, 5.41) is 3.42. The van der Waals surface area contributed by atoms with E-state index in [-0.39, 0.29) is 12.0 Å². The van der Waals surface area contributed by atoms with Crippen molar-refractivity contribution in [3.05, 3.63) is 29.3 Å². The summed E-state index contributed by atoms with van der Waals surface area (Å²) >= 11 is 0. The van der Waals surface area contributed by atoms with Gasteiger partial charge in [-0.15, -0.1) is 0 Å². The van der Waals surface area contributed by atoms with Crippen LogP contribution in [0.25, 0.3) is 0 Å². The summed E-state index contributed by atoms with van der Waals surface area (Å²) < 4.78 is 10.6. The smallest absolute Gasteiger partial charge is 0.307 e. The maximum absolute atomic E-state index is 11.7. The highest BCUT2D eigenvalue weighted by molar-refractivity contribution is 5.70. The van der Waals surface area contributed by atoms with Crippen molar-refractivity contribution in [2.45, 2.75) is 39.2 Å². The molecule has 2 rings (SSSR count). The Bertz CT molecular complexity index is 459. The molecule has 0 radical (unpaired) electrons. The number of hydrogen-bond donors (Lipinski definition) is 1. The second-order valence-corrected chi connectivity index (χ2v) is 4.98. The van der Waals surface area contributed by atoms with Crippen LogP contribution < -0.4 is 10.1 Å². The number of hydrogen-bond acceptors (Lipinski definition) is 4. The Morgan fingerprint density at radius 2 is 2.30 bits per heavy atom. The number of ether oxygens (including phenoxy) is 2. The molecule has 0 saturated carbocycles. The molecule has 0 spiro atoms. The standard InChI is InChI=1S/C16H23NO3/c1-3-8-17-14(11-16(18)19-4-2)12-5-6-15-13(10-12)7-9-20-15/h5-6,10,14,17H,3-4,7-9,11H2,1-2H3. The first-order valence-electron chi connectivity index (χ1n) is 7.39. The van der Waals surface area contributed by atoms with Crippen molar-refractivity contribution in [1.29, 1.82) is 0 Å². The van der Waals surface area contributed by atoms with Gasteiger partial charge in [-0.1, -0.05) is 19.1 Å². The lowest BCUT2D eigenvalue weighted by atomic mass is 10.00. The molecule has 4 heteroatoms. The Kier molecular flexibility index (Phi) is 5.41. The van der Waals surface area contributed by atoms with Gasteiger partial charge in [-0.3, -0.25) is 4.79 Å². The average molecular weight is 277 g/mol. The Hall–Kier alpha value is -1.55. The second-order valence-electron chi connectivity index (χ2n) is 4.98. The van der Waals surface area contributed by atoms with E-state index in [0.29, 0.717) is 13.0 Å². The number of rotatable bonds is 7. The van der Waals surface area contributed by atoms with E-state index in [1.165, 1.54) is 5.56 Å². The molecule has 0 aliphatic carbocycles. The minimum atomic E-state index is -0.155. The lowest BCUT2D eigenvalue weighted by molar-refractivity contribution is -0.143. The molecule has 4 nitrogen and oxygen atoms in total. The molecule has 1 heterocycles. The fourth-order valence-electron chi connectivity index (χ4n) is 2.44. The first kappa shape index (κ1) is 14.9. The average Bonchev–Trinajstić information content (AvgIpc) is 2.91. The summed E-state index contributed by atoms with van der Waals surface area (Å²) in [6.45, 7) is 6.02. The summed E-state index contributed by atoms with van der Waals surface area (Å²) in [5.41, 5.74) is 2.37.